The zero-order valence-corrected chi connectivity index (χ0v) is 15.2. The van der Waals surface area contributed by atoms with Crippen LogP contribution in [0, 0.1) is 0 Å². The van der Waals surface area contributed by atoms with Crippen LogP contribution < -0.4 is 10.2 Å². The molecule has 5 nitrogen and oxygen atoms in total. The molecule has 128 valence electrons. The van der Waals surface area contributed by atoms with Crippen molar-refractivity contribution in [2.24, 2.45) is 0 Å². The van der Waals surface area contributed by atoms with Crippen molar-refractivity contribution in [3.05, 3.63) is 64.1 Å². The minimum Gasteiger partial charge on any atom is -0.340 e. The summed E-state index contributed by atoms with van der Waals surface area (Å²) in [7, 11) is 1.68. The van der Waals surface area contributed by atoms with Crippen molar-refractivity contribution < 1.29 is 14.4 Å². The molecule has 0 radical (unpaired) electrons. The number of fused-ring (bicyclic) bond motifs is 1. The second kappa shape index (κ2) is 6.80. The molecule has 0 bridgehead atoms. The summed E-state index contributed by atoms with van der Waals surface area (Å²) in [5.74, 6) is -0.766. The number of halogens is 1. The monoisotopic (exact) mass is 400 g/mol. The standard InChI is InChI=1S/C19H17BrN2O3/c1-22-17-5-3-2-4-16(17)19(18(22)25,21-12-24)15(10-11-23)13-6-8-14(20)9-7-13/h2-9,11-12,15H,10H2,1H3,(H,21,24)/t15?,19-/m1/s1. The molecule has 1 aliphatic rings. The molecular formula is C19H17BrN2O3. The normalized spacial score (nSPS) is 20.1. The van der Waals surface area contributed by atoms with Gasteiger partial charge in [-0.1, -0.05) is 46.3 Å². The summed E-state index contributed by atoms with van der Waals surface area (Å²) < 4.78 is 0.897. The fourth-order valence-corrected chi connectivity index (χ4v) is 3.88. The maximum Gasteiger partial charge on any atom is 0.257 e. The van der Waals surface area contributed by atoms with E-state index in [1.807, 2.05) is 48.5 Å². The lowest BCUT2D eigenvalue weighted by Crippen LogP contribution is -2.53. The molecule has 2 aromatic carbocycles. The van der Waals surface area contributed by atoms with E-state index < -0.39 is 11.5 Å². The zero-order chi connectivity index (χ0) is 18.0. The van der Waals surface area contributed by atoms with E-state index in [0.717, 1.165) is 22.0 Å². The predicted octanol–water partition coefficient (Wildman–Crippen LogP) is 2.74. The molecule has 1 heterocycles. The molecule has 0 fully saturated rings. The van der Waals surface area contributed by atoms with Crippen LogP contribution in [0.4, 0.5) is 5.69 Å². The van der Waals surface area contributed by atoms with E-state index in [0.29, 0.717) is 12.0 Å². The van der Waals surface area contributed by atoms with E-state index in [1.165, 1.54) is 4.90 Å². The number of anilines is 1. The molecule has 6 heteroatoms. The fraction of sp³-hybridized carbons (Fsp3) is 0.211. The Bertz CT molecular complexity index is 822. The second-order valence-corrected chi connectivity index (χ2v) is 6.87. The first-order valence-corrected chi connectivity index (χ1v) is 8.63. The van der Waals surface area contributed by atoms with Gasteiger partial charge in [-0.2, -0.15) is 0 Å². The SMILES string of the molecule is CN1C(=O)[C@@](NC=O)(C(CC=O)c2ccc(Br)cc2)c2ccccc21. The van der Waals surface area contributed by atoms with Gasteiger partial charge in [0.15, 0.2) is 5.54 Å². The molecule has 0 aromatic heterocycles. The van der Waals surface area contributed by atoms with Crippen LogP contribution in [0.3, 0.4) is 0 Å². The molecule has 2 atom stereocenters. The van der Waals surface area contributed by atoms with Gasteiger partial charge in [0, 0.05) is 35.1 Å². The maximum absolute atomic E-state index is 13.2. The summed E-state index contributed by atoms with van der Waals surface area (Å²) in [4.78, 5) is 37.6. The van der Waals surface area contributed by atoms with Gasteiger partial charge < -0.3 is 15.0 Å². The van der Waals surface area contributed by atoms with E-state index in [2.05, 4.69) is 21.2 Å². The number of hydrogen-bond donors (Lipinski definition) is 1. The molecular weight excluding hydrogens is 384 g/mol. The number of hydrogen-bond acceptors (Lipinski definition) is 3. The number of aldehydes is 1. The number of carbonyl (C=O) groups excluding carboxylic acids is 3. The van der Waals surface area contributed by atoms with Gasteiger partial charge in [-0.05, 0) is 23.8 Å². The third-order valence-corrected chi connectivity index (χ3v) is 5.27. The minimum absolute atomic E-state index is 0.108. The lowest BCUT2D eigenvalue weighted by molar-refractivity contribution is -0.128. The topological polar surface area (TPSA) is 66.5 Å². The van der Waals surface area contributed by atoms with Crippen LogP contribution in [0.5, 0.6) is 0 Å². The van der Waals surface area contributed by atoms with Gasteiger partial charge >= 0.3 is 0 Å². The van der Waals surface area contributed by atoms with Gasteiger partial charge in [0.1, 0.15) is 6.29 Å². The molecule has 1 aliphatic heterocycles. The van der Waals surface area contributed by atoms with Crippen molar-refractivity contribution >= 4 is 40.2 Å². The number of carbonyl (C=O) groups is 3. The van der Waals surface area contributed by atoms with Crippen LogP contribution in [-0.2, 0) is 19.9 Å². The molecule has 0 saturated carbocycles. The van der Waals surface area contributed by atoms with Crippen molar-refractivity contribution in [2.45, 2.75) is 17.9 Å². The number of para-hydroxylation sites is 1. The smallest absolute Gasteiger partial charge is 0.257 e. The Labute approximate surface area is 154 Å². The minimum atomic E-state index is -1.30. The van der Waals surface area contributed by atoms with E-state index >= 15 is 0 Å². The van der Waals surface area contributed by atoms with Crippen LogP contribution in [-0.4, -0.2) is 25.7 Å². The number of benzene rings is 2. The predicted molar refractivity (Wildman–Crippen MR) is 98.3 cm³/mol. The second-order valence-electron chi connectivity index (χ2n) is 5.96. The Hall–Kier alpha value is -2.47. The van der Waals surface area contributed by atoms with E-state index in [9.17, 15) is 14.4 Å². The van der Waals surface area contributed by atoms with Gasteiger partial charge in [-0.25, -0.2) is 0 Å². The Morgan fingerprint density at radius 2 is 1.84 bits per heavy atom. The molecule has 2 aromatic rings. The summed E-state index contributed by atoms with van der Waals surface area (Å²) in [6.07, 6.45) is 1.43. The summed E-state index contributed by atoms with van der Waals surface area (Å²) >= 11 is 3.39. The van der Waals surface area contributed by atoms with Crippen LogP contribution >= 0.6 is 15.9 Å². The highest BCUT2D eigenvalue weighted by molar-refractivity contribution is 9.10. The molecule has 0 saturated heterocycles. The average Bonchev–Trinajstić information content (AvgIpc) is 2.84. The Morgan fingerprint density at radius 3 is 2.48 bits per heavy atom. The highest BCUT2D eigenvalue weighted by Gasteiger charge is 2.55. The van der Waals surface area contributed by atoms with E-state index in [-0.39, 0.29) is 12.3 Å². The van der Waals surface area contributed by atoms with Crippen molar-refractivity contribution in [1.29, 1.82) is 0 Å². The Balaban J connectivity index is 2.25. The van der Waals surface area contributed by atoms with E-state index in [1.54, 1.807) is 7.05 Å². The third kappa shape index (κ3) is 2.66. The van der Waals surface area contributed by atoms with Crippen molar-refractivity contribution in [3.63, 3.8) is 0 Å². The van der Waals surface area contributed by atoms with Crippen LogP contribution in [0.25, 0.3) is 0 Å². The van der Waals surface area contributed by atoms with Crippen LogP contribution in [0.1, 0.15) is 23.5 Å². The molecule has 0 aliphatic carbocycles. The maximum atomic E-state index is 13.2. The lowest BCUT2D eigenvalue weighted by atomic mass is 9.73. The lowest BCUT2D eigenvalue weighted by Gasteiger charge is -2.35. The summed E-state index contributed by atoms with van der Waals surface area (Å²) in [5, 5.41) is 2.75. The first-order valence-electron chi connectivity index (χ1n) is 7.84. The molecule has 3 rings (SSSR count). The van der Waals surface area contributed by atoms with Gasteiger partial charge in [-0.3, -0.25) is 9.59 Å². The summed E-state index contributed by atoms with van der Waals surface area (Å²) in [6, 6.07) is 14.8. The Kier molecular flexibility index (Phi) is 4.72. The van der Waals surface area contributed by atoms with Gasteiger partial charge in [0.2, 0.25) is 6.41 Å². The number of amides is 2. The number of nitrogens with one attached hydrogen (secondary N) is 1. The molecule has 2 amide bonds. The number of likely N-dealkylation sites (N-methyl/N-ethyl adjacent to an activating group) is 1. The largest absolute Gasteiger partial charge is 0.340 e. The van der Waals surface area contributed by atoms with Crippen LogP contribution in [0.2, 0.25) is 0 Å². The first-order chi connectivity index (χ1) is 12.1. The van der Waals surface area contributed by atoms with Gasteiger partial charge in [0.05, 0.1) is 0 Å². The average molecular weight is 401 g/mol. The number of nitrogens with zero attached hydrogens (tertiary/aromatic N) is 1. The molecule has 25 heavy (non-hydrogen) atoms. The van der Waals surface area contributed by atoms with Crippen molar-refractivity contribution in [1.82, 2.24) is 5.32 Å². The van der Waals surface area contributed by atoms with Gasteiger partial charge in [-0.15, -0.1) is 0 Å². The van der Waals surface area contributed by atoms with Crippen molar-refractivity contribution in [2.75, 3.05) is 11.9 Å². The zero-order valence-electron chi connectivity index (χ0n) is 13.6. The summed E-state index contributed by atoms with van der Waals surface area (Å²) in [5.41, 5.74) is 0.935. The molecule has 1 unspecified atom stereocenters. The van der Waals surface area contributed by atoms with Crippen LogP contribution in [0.15, 0.2) is 53.0 Å². The quantitative estimate of drug-likeness (QED) is 0.758. The fourth-order valence-electron chi connectivity index (χ4n) is 3.61. The highest BCUT2D eigenvalue weighted by Crippen LogP contribution is 2.48. The number of rotatable bonds is 6. The van der Waals surface area contributed by atoms with E-state index in [4.69, 9.17) is 0 Å². The summed E-state index contributed by atoms with van der Waals surface area (Å²) in [6.45, 7) is 0. The molecule has 0 spiro atoms. The highest BCUT2D eigenvalue weighted by atomic mass is 79.9. The first kappa shape index (κ1) is 17.4. The Morgan fingerprint density at radius 1 is 1.16 bits per heavy atom. The third-order valence-electron chi connectivity index (χ3n) is 4.75. The van der Waals surface area contributed by atoms with Crippen molar-refractivity contribution in [3.8, 4) is 0 Å². The van der Waals surface area contributed by atoms with Gasteiger partial charge in [0.25, 0.3) is 5.91 Å². The molecule has 1 N–H and O–H groups in total.